The zero-order valence-electron chi connectivity index (χ0n) is 13.1. The maximum Gasteiger partial charge on any atom is 0.132 e. The van der Waals surface area contributed by atoms with Crippen molar-refractivity contribution in [2.45, 2.75) is 86.0 Å². The normalized spacial score (nSPS) is 11.4. The zero-order valence-corrected chi connectivity index (χ0v) is 13.1. The Balaban J connectivity index is 0. The third kappa shape index (κ3) is 15.3. The van der Waals surface area contributed by atoms with Crippen molar-refractivity contribution in [2.24, 2.45) is 5.92 Å². The molecule has 0 aliphatic rings. The lowest BCUT2D eigenvalue weighted by Crippen LogP contribution is -2.02. The Hall–Kier alpha value is -0.660. The van der Waals surface area contributed by atoms with E-state index in [1.54, 1.807) is 0 Å². The van der Waals surface area contributed by atoms with Gasteiger partial charge in [-0.3, -0.25) is 9.59 Å². The minimum absolute atomic E-state index is 0.393. The highest BCUT2D eigenvalue weighted by atomic mass is 16.1. The molecule has 0 radical (unpaired) electrons. The molecule has 0 saturated heterocycles. The molecule has 0 aliphatic heterocycles. The molecule has 0 amide bonds. The maximum atomic E-state index is 10.8. The fourth-order valence-corrected chi connectivity index (χ4v) is 1.43. The van der Waals surface area contributed by atoms with Crippen LogP contribution in [-0.2, 0) is 9.59 Å². The van der Waals surface area contributed by atoms with E-state index in [0.717, 1.165) is 25.7 Å². The van der Waals surface area contributed by atoms with E-state index in [2.05, 4.69) is 20.8 Å². The SMILES string of the molecule is CCC(=O)CC(C)CC.CCCCCC(=O)CC. The van der Waals surface area contributed by atoms with Gasteiger partial charge in [0.25, 0.3) is 0 Å². The lowest BCUT2D eigenvalue weighted by atomic mass is 10.0. The molecule has 0 saturated carbocycles. The van der Waals surface area contributed by atoms with Gasteiger partial charge in [0.05, 0.1) is 0 Å². The molecule has 0 N–H and O–H groups in total. The first kappa shape index (κ1) is 19.7. The molecule has 1 atom stereocenters. The average Bonchev–Trinajstić information content (AvgIpc) is 2.39. The molecular weight excluding hydrogens is 224 g/mol. The van der Waals surface area contributed by atoms with Gasteiger partial charge >= 0.3 is 0 Å². The molecular formula is C16H32O2. The minimum Gasteiger partial charge on any atom is -0.300 e. The van der Waals surface area contributed by atoms with Crippen LogP contribution in [0.1, 0.15) is 86.0 Å². The molecule has 0 aromatic carbocycles. The van der Waals surface area contributed by atoms with Gasteiger partial charge in [-0.05, 0) is 12.3 Å². The van der Waals surface area contributed by atoms with Crippen molar-refractivity contribution in [3.05, 3.63) is 0 Å². The summed E-state index contributed by atoms with van der Waals surface area (Å²) in [6, 6.07) is 0. The third-order valence-electron chi connectivity index (χ3n) is 3.12. The van der Waals surface area contributed by atoms with Crippen LogP contribution in [0.25, 0.3) is 0 Å². The highest BCUT2D eigenvalue weighted by Gasteiger charge is 2.03. The molecule has 0 aromatic heterocycles. The lowest BCUT2D eigenvalue weighted by molar-refractivity contribution is -0.120. The summed E-state index contributed by atoms with van der Waals surface area (Å²) in [6.07, 6.45) is 7.59. The van der Waals surface area contributed by atoms with Crippen LogP contribution in [0.3, 0.4) is 0 Å². The second-order valence-electron chi connectivity index (χ2n) is 4.96. The van der Waals surface area contributed by atoms with Crippen LogP contribution in [0, 0.1) is 5.92 Å². The lowest BCUT2D eigenvalue weighted by Gasteiger charge is -2.03. The van der Waals surface area contributed by atoms with Gasteiger partial charge < -0.3 is 0 Å². The first-order chi connectivity index (χ1) is 8.51. The van der Waals surface area contributed by atoms with Gasteiger partial charge in [-0.1, -0.05) is 53.9 Å². The first-order valence-electron chi connectivity index (χ1n) is 7.54. The van der Waals surface area contributed by atoms with Crippen molar-refractivity contribution in [2.75, 3.05) is 0 Å². The molecule has 0 bridgehead atoms. The second kappa shape index (κ2) is 14.4. The van der Waals surface area contributed by atoms with Gasteiger partial charge in [0, 0.05) is 25.7 Å². The fraction of sp³-hybridized carbons (Fsp3) is 0.875. The topological polar surface area (TPSA) is 34.1 Å². The van der Waals surface area contributed by atoms with Crippen LogP contribution < -0.4 is 0 Å². The van der Waals surface area contributed by atoms with Crippen LogP contribution in [0.5, 0.6) is 0 Å². The third-order valence-corrected chi connectivity index (χ3v) is 3.12. The standard InChI is InChI=1S/2C8H16O/c1-4-7(3)6-8(9)5-2;1-3-5-6-7-8(9)4-2/h7H,4-6H2,1-3H3;3-7H2,1-2H3. The monoisotopic (exact) mass is 256 g/mol. The van der Waals surface area contributed by atoms with Gasteiger partial charge in [-0.15, -0.1) is 0 Å². The summed E-state index contributed by atoms with van der Waals surface area (Å²) in [5, 5.41) is 0. The Kier molecular flexibility index (Phi) is 15.7. The van der Waals surface area contributed by atoms with Crippen LogP contribution >= 0.6 is 0 Å². The van der Waals surface area contributed by atoms with Crippen LogP contribution in [-0.4, -0.2) is 11.6 Å². The van der Waals surface area contributed by atoms with E-state index >= 15 is 0 Å². The molecule has 18 heavy (non-hydrogen) atoms. The summed E-state index contributed by atoms with van der Waals surface area (Å²) in [5.74, 6) is 1.38. The summed E-state index contributed by atoms with van der Waals surface area (Å²) in [4.78, 5) is 21.5. The predicted molar refractivity (Wildman–Crippen MR) is 78.8 cm³/mol. The molecule has 0 rings (SSSR count). The smallest absolute Gasteiger partial charge is 0.132 e. The Bertz CT molecular complexity index is 209. The largest absolute Gasteiger partial charge is 0.300 e. The van der Waals surface area contributed by atoms with E-state index in [1.807, 2.05) is 13.8 Å². The van der Waals surface area contributed by atoms with Crippen molar-refractivity contribution in [1.82, 2.24) is 0 Å². The fourth-order valence-electron chi connectivity index (χ4n) is 1.43. The molecule has 0 heterocycles. The van der Waals surface area contributed by atoms with Crippen molar-refractivity contribution < 1.29 is 9.59 Å². The molecule has 2 nitrogen and oxygen atoms in total. The van der Waals surface area contributed by atoms with E-state index in [0.29, 0.717) is 30.3 Å². The molecule has 0 fully saturated rings. The van der Waals surface area contributed by atoms with E-state index in [1.165, 1.54) is 12.8 Å². The highest BCUT2D eigenvalue weighted by Crippen LogP contribution is 2.07. The van der Waals surface area contributed by atoms with Gasteiger partial charge in [0.15, 0.2) is 0 Å². The second-order valence-corrected chi connectivity index (χ2v) is 4.96. The van der Waals surface area contributed by atoms with Gasteiger partial charge in [0.1, 0.15) is 11.6 Å². The molecule has 0 aliphatic carbocycles. The number of rotatable bonds is 9. The summed E-state index contributed by atoms with van der Waals surface area (Å²) in [7, 11) is 0. The number of unbranched alkanes of at least 4 members (excludes halogenated alkanes) is 2. The molecule has 1 unspecified atom stereocenters. The predicted octanol–water partition coefficient (Wildman–Crippen LogP) is 4.95. The van der Waals surface area contributed by atoms with E-state index in [9.17, 15) is 9.59 Å². The zero-order chi connectivity index (χ0) is 14.4. The first-order valence-corrected chi connectivity index (χ1v) is 7.54. The average molecular weight is 256 g/mol. The Morgan fingerprint density at radius 1 is 0.889 bits per heavy atom. The van der Waals surface area contributed by atoms with Crippen molar-refractivity contribution in [3.63, 3.8) is 0 Å². The van der Waals surface area contributed by atoms with Crippen molar-refractivity contribution in [3.8, 4) is 0 Å². The summed E-state index contributed by atoms with van der Waals surface area (Å²) in [5.41, 5.74) is 0. The Labute approximate surface area is 114 Å². The quantitative estimate of drug-likeness (QED) is 0.547. The summed E-state index contributed by atoms with van der Waals surface area (Å²) >= 11 is 0. The van der Waals surface area contributed by atoms with Crippen LogP contribution in [0.2, 0.25) is 0 Å². The number of hydrogen-bond acceptors (Lipinski definition) is 2. The van der Waals surface area contributed by atoms with Crippen molar-refractivity contribution >= 4 is 11.6 Å². The van der Waals surface area contributed by atoms with E-state index in [-0.39, 0.29) is 0 Å². The van der Waals surface area contributed by atoms with Gasteiger partial charge in [-0.25, -0.2) is 0 Å². The highest BCUT2D eigenvalue weighted by molar-refractivity contribution is 5.78. The molecule has 108 valence electrons. The van der Waals surface area contributed by atoms with Gasteiger partial charge in [-0.2, -0.15) is 0 Å². The van der Waals surface area contributed by atoms with E-state index in [4.69, 9.17) is 0 Å². The van der Waals surface area contributed by atoms with Crippen molar-refractivity contribution in [1.29, 1.82) is 0 Å². The number of carbonyl (C=O) groups is 2. The Morgan fingerprint density at radius 3 is 1.83 bits per heavy atom. The van der Waals surface area contributed by atoms with Crippen LogP contribution in [0.4, 0.5) is 0 Å². The summed E-state index contributed by atoms with van der Waals surface area (Å²) < 4.78 is 0. The Morgan fingerprint density at radius 2 is 1.44 bits per heavy atom. The number of Topliss-reactive ketones (excluding diaryl/α,β-unsaturated/α-hetero) is 2. The van der Waals surface area contributed by atoms with E-state index < -0.39 is 0 Å². The number of hydrogen-bond donors (Lipinski definition) is 0. The van der Waals surface area contributed by atoms with Crippen LogP contribution in [0.15, 0.2) is 0 Å². The van der Waals surface area contributed by atoms with Gasteiger partial charge in [0.2, 0.25) is 0 Å². The molecule has 2 heteroatoms. The summed E-state index contributed by atoms with van der Waals surface area (Å²) in [6.45, 7) is 10.2. The minimum atomic E-state index is 0.393. The molecule has 0 aromatic rings. The molecule has 0 spiro atoms. The number of carbonyl (C=O) groups excluding carboxylic acids is 2. The number of ketones is 2. The maximum absolute atomic E-state index is 10.8.